The lowest BCUT2D eigenvalue weighted by Gasteiger charge is -2.22. The first-order valence-corrected chi connectivity index (χ1v) is 5.69. The van der Waals surface area contributed by atoms with Crippen LogP contribution in [0, 0.1) is 0 Å². The molecular formula is C13H19NO3. The van der Waals surface area contributed by atoms with Crippen molar-refractivity contribution in [1.82, 2.24) is 4.90 Å². The van der Waals surface area contributed by atoms with Crippen molar-refractivity contribution in [3.8, 4) is 0 Å². The Morgan fingerprint density at radius 3 is 2.59 bits per heavy atom. The maximum Gasteiger partial charge on any atom is 0.336 e. The van der Waals surface area contributed by atoms with Gasteiger partial charge in [-0.25, -0.2) is 4.79 Å². The molecule has 0 bridgehead atoms. The molecule has 1 aromatic carbocycles. The van der Waals surface area contributed by atoms with Crippen LogP contribution in [0.3, 0.4) is 0 Å². The van der Waals surface area contributed by atoms with Gasteiger partial charge < -0.3 is 9.84 Å². The Bertz CT molecular complexity index is 340. The predicted molar refractivity (Wildman–Crippen MR) is 65.4 cm³/mol. The molecule has 0 fully saturated rings. The van der Waals surface area contributed by atoms with Gasteiger partial charge in [0.15, 0.2) is 6.10 Å². The van der Waals surface area contributed by atoms with Crippen LogP contribution in [0.1, 0.15) is 12.5 Å². The van der Waals surface area contributed by atoms with Crippen molar-refractivity contribution < 1.29 is 14.6 Å². The summed E-state index contributed by atoms with van der Waals surface area (Å²) in [5, 5.41) is 9.58. The first-order chi connectivity index (χ1) is 8.17. The first kappa shape index (κ1) is 13.7. The number of esters is 1. The van der Waals surface area contributed by atoms with E-state index in [1.165, 1.54) is 7.11 Å². The summed E-state index contributed by atoms with van der Waals surface area (Å²) >= 11 is 0. The lowest BCUT2D eigenvalue weighted by atomic mass is 10.2. The standard InChI is InChI=1S/C13H19NO3/c1-3-14(10-12(15)13(16)17-2)9-11-7-5-4-6-8-11/h4-8,12,15H,3,9-10H2,1-2H3. The third kappa shape index (κ3) is 4.54. The van der Waals surface area contributed by atoms with Crippen molar-refractivity contribution in [2.45, 2.75) is 19.6 Å². The molecule has 0 amide bonds. The number of rotatable bonds is 6. The number of carbonyl (C=O) groups excluding carboxylic acids is 1. The van der Waals surface area contributed by atoms with Crippen LogP contribution in [-0.2, 0) is 16.1 Å². The van der Waals surface area contributed by atoms with Gasteiger partial charge in [0, 0.05) is 13.1 Å². The smallest absolute Gasteiger partial charge is 0.336 e. The second-order valence-corrected chi connectivity index (χ2v) is 3.85. The van der Waals surface area contributed by atoms with Crippen LogP contribution in [0.2, 0.25) is 0 Å². The number of methoxy groups -OCH3 is 1. The van der Waals surface area contributed by atoms with Crippen molar-refractivity contribution in [2.75, 3.05) is 20.2 Å². The van der Waals surface area contributed by atoms with E-state index in [4.69, 9.17) is 0 Å². The van der Waals surface area contributed by atoms with E-state index in [1.54, 1.807) is 0 Å². The summed E-state index contributed by atoms with van der Waals surface area (Å²) in [6, 6.07) is 9.95. The fraction of sp³-hybridized carbons (Fsp3) is 0.462. The Kier molecular flexibility index (Phi) is 5.66. The van der Waals surface area contributed by atoms with E-state index in [0.29, 0.717) is 6.54 Å². The first-order valence-electron chi connectivity index (χ1n) is 5.69. The predicted octanol–water partition coefficient (Wildman–Crippen LogP) is 1.04. The fourth-order valence-corrected chi connectivity index (χ4v) is 1.60. The molecule has 4 heteroatoms. The molecule has 0 saturated carbocycles. The lowest BCUT2D eigenvalue weighted by molar-refractivity contribution is -0.151. The Hall–Kier alpha value is -1.39. The molecule has 0 heterocycles. The number of hydrogen-bond donors (Lipinski definition) is 1. The van der Waals surface area contributed by atoms with Gasteiger partial charge in [-0.1, -0.05) is 37.3 Å². The highest BCUT2D eigenvalue weighted by Gasteiger charge is 2.18. The number of benzene rings is 1. The molecule has 1 rings (SSSR count). The highest BCUT2D eigenvalue weighted by atomic mass is 16.5. The average Bonchev–Trinajstić information content (AvgIpc) is 2.38. The quantitative estimate of drug-likeness (QED) is 0.751. The molecule has 0 aliphatic carbocycles. The van der Waals surface area contributed by atoms with Gasteiger partial charge in [-0.05, 0) is 12.1 Å². The van der Waals surface area contributed by atoms with Crippen LogP contribution < -0.4 is 0 Å². The van der Waals surface area contributed by atoms with Gasteiger partial charge in [0.1, 0.15) is 0 Å². The van der Waals surface area contributed by atoms with Gasteiger partial charge in [-0.15, -0.1) is 0 Å². The van der Waals surface area contributed by atoms with Gasteiger partial charge in [0.25, 0.3) is 0 Å². The van der Waals surface area contributed by atoms with Gasteiger partial charge in [0.2, 0.25) is 0 Å². The summed E-state index contributed by atoms with van der Waals surface area (Å²) in [7, 11) is 1.28. The largest absolute Gasteiger partial charge is 0.467 e. The second-order valence-electron chi connectivity index (χ2n) is 3.85. The molecule has 4 nitrogen and oxygen atoms in total. The van der Waals surface area contributed by atoms with Gasteiger partial charge in [-0.3, -0.25) is 4.90 Å². The summed E-state index contributed by atoms with van der Waals surface area (Å²) in [4.78, 5) is 13.1. The minimum absolute atomic E-state index is 0.290. The zero-order valence-corrected chi connectivity index (χ0v) is 10.3. The van der Waals surface area contributed by atoms with Crippen LogP contribution in [-0.4, -0.2) is 42.3 Å². The highest BCUT2D eigenvalue weighted by molar-refractivity contribution is 5.74. The van der Waals surface area contributed by atoms with E-state index < -0.39 is 12.1 Å². The molecule has 0 aromatic heterocycles. The SMILES string of the molecule is CCN(Cc1ccccc1)CC(O)C(=O)OC. The zero-order chi connectivity index (χ0) is 12.7. The molecule has 0 saturated heterocycles. The number of aliphatic hydroxyl groups is 1. The lowest BCUT2D eigenvalue weighted by Crippen LogP contribution is -2.37. The van der Waals surface area contributed by atoms with Crippen LogP contribution >= 0.6 is 0 Å². The van der Waals surface area contributed by atoms with E-state index in [9.17, 15) is 9.90 Å². The third-order valence-corrected chi connectivity index (χ3v) is 2.60. The summed E-state index contributed by atoms with van der Waals surface area (Å²) < 4.78 is 4.49. The minimum atomic E-state index is -1.08. The van der Waals surface area contributed by atoms with E-state index in [1.807, 2.05) is 42.2 Å². The van der Waals surface area contributed by atoms with Crippen LogP contribution in [0.5, 0.6) is 0 Å². The summed E-state index contributed by atoms with van der Waals surface area (Å²) in [6.45, 7) is 3.76. The molecule has 0 aliphatic rings. The number of likely N-dealkylation sites (N-methyl/N-ethyl adjacent to an activating group) is 1. The Morgan fingerprint density at radius 1 is 1.41 bits per heavy atom. The molecular weight excluding hydrogens is 218 g/mol. The topological polar surface area (TPSA) is 49.8 Å². The molecule has 94 valence electrons. The molecule has 1 aromatic rings. The number of aliphatic hydroxyl groups excluding tert-OH is 1. The molecule has 1 unspecified atom stereocenters. The average molecular weight is 237 g/mol. The third-order valence-electron chi connectivity index (χ3n) is 2.60. The molecule has 0 spiro atoms. The Morgan fingerprint density at radius 2 is 2.06 bits per heavy atom. The van der Waals surface area contributed by atoms with Crippen LogP contribution in [0.4, 0.5) is 0 Å². The van der Waals surface area contributed by atoms with Crippen molar-refractivity contribution in [3.63, 3.8) is 0 Å². The molecule has 17 heavy (non-hydrogen) atoms. The van der Waals surface area contributed by atoms with E-state index in [0.717, 1.165) is 12.1 Å². The van der Waals surface area contributed by atoms with Crippen LogP contribution in [0.15, 0.2) is 30.3 Å². The molecule has 1 atom stereocenters. The van der Waals surface area contributed by atoms with Crippen molar-refractivity contribution >= 4 is 5.97 Å². The Balaban J connectivity index is 2.52. The normalized spacial score (nSPS) is 12.5. The van der Waals surface area contributed by atoms with Crippen LogP contribution in [0.25, 0.3) is 0 Å². The molecule has 0 radical (unpaired) electrons. The van der Waals surface area contributed by atoms with Gasteiger partial charge in [-0.2, -0.15) is 0 Å². The van der Waals surface area contributed by atoms with E-state index in [-0.39, 0.29) is 6.54 Å². The van der Waals surface area contributed by atoms with E-state index in [2.05, 4.69) is 4.74 Å². The van der Waals surface area contributed by atoms with Crippen molar-refractivity contribution in [2.24, 2.45) is 0 Å². The number of nitrogens with zero attached hydrogens (tertiary/aromatic N) is 1. The van der Waals surface area contributed by atoms with E-state index >= 15 is 0 Å². The maximum atomic E-state index is 11.1. The Labute approximate surface area is 102 Å². The summed E-state index contributed by atoms with van der Waals surface area (Å²) in [6.07, 6.45) is -1.08. The summed E-state index contributed by atoms with van der Waals surface area (Å²) in [5.41, 5.74) is 1.16. The molecule has 0 aliphatic heterocycles. The van der Waals surface area contributed by atoms with Crippen molar-refractivity contribution in [3.05, 3.63) is 35.9 Å². The fourth-order valence-electron chi connectivity index (χ4n) is 1.60. The van der Waals surface area contributed by atoms with Gasteiger partial charge in [0.05, 0.1) is 7.11 Å². The minimum Gasteiger partial charge on any atom is -0.467 e. The number of ether oxygens (including phenoxy) is 1. The molecule has 1 N–H and O–H groups in total. The van der Waals surface area contributed by atoms with Crippen molar-refractivity contribution in [1.29, 1.82) is 0 Å². The zero-order valence-electron chi connectivity index (χ0n) is 10.3. The number of hydrogen-bond acceptors (Lipinski definition) is 4. The maximum absolute atomic E-state index is 11.1. The second kappa shape index (κ2) is 7.04. The van der Waals surface area contributed by atoms with Gasteiger partial charge >= 0.3 is 5.97 Å². The highest BCUT2D eigenvalue weighted by Crippen LogP contribution is 2.05. The summed E-state index contributed by atoms with van der Waals surface area (Å²) in [5.74, 6) is -0.587. The number of carbonyl (C=O) groups is 1. The monoisotopic (exact) mass is 237 g/mol.